The van der Waals surface area contributed by atoms with Crippen LogP contribution in [0.5, 0.6) is 11.5 Å². The number of hydrogen-bond donors (Lipinski definition) is 1. The lowest BCUT2D eigenvalue weighted by Crippen LogP contribution is -2.36. The SMILES string of the molecule is CCN(CC)CC(O)COc1ccc2c(c1)OC(C)(C)CC2c1ccccc1.Cl. The van der Waals surface area contributed by atoms with Crippen molar-refractivity contribution < 1.29 is 14.6 Å². The van der Waals surface area contributed by atoms with E-state index in [1.807, 2.05) is 12.1 Å². The fourth-order valence-corrected chi connectivity index (χ4v) is 3.93. The molecule has 2 aromatic carbocycles. The van der Waals surface area contributed by atoms with Gasteiger partial charge in [-0.3, -0.25) is 0 Å². The lowest BCUT2D eigenvalue weighted by atomic mass is 9.80. The summed E-state index contributed by atoms with van der Waals surface area (Å²) in [6, 6.07) is 16.7. The maximum absolute atomic E-state index is 10.3. The summed E-state index contributed by atoms with van der Waals surface area (Å²) in [5, 5.41) is 10.3. The first-order chi connectivity index (χ1) is 13.4. The van der Waals surface area contributed by atoms with Gasteiger partial charge < -0.3 is 19.5 Å². The molecular formula is C24H34ClNO3. The van der Waals surface area contributed by atoms with Crippen LogP contribution in [0.15, 0.2) is 48.5 Å². The molecule has 0 spiro atoms. The number of nitrogens with zero attached hydrogens (tertiary/aromatic N) is 1. The zero-order valence-corrected chi connectivity index (χ0v) is 18.7. The first kappa shape index (κ1) is 23.5. The Labute approximate surface area is 181 Å². The summed E-state index contributed by atoms with van der Waals surface area (Å²) in [5.41, 5.74) is 2.26. The largest absolute Gasteiger partial charge is 0.491 e. The molecule has 160 valence electrons. The van der Waals surface area contributed by atoms with Crippen molar-refractivity contribution in [2.45, 2.75) is 51.7 Å². The number of rotatable bonds is 8. The van der Waals surface area contributed by atoms with Gasteiger partial charge in [-0.15, -0.1) is 12.4 Å². The van der Waals surface area contributed by atoms with Gasteiger partial charge in [0.25, 0.3) is 0 Å². The Bertz CT molecular complexity index is 762. The molecule has 2 aromatic rings. The molecule has 1 N–H and O–H groups in total. The Balaban J connectivity index is 0.00000300. The molecule has 0 saturated heterocycles. The van der Waals surface area contributed by atoms with Crippen LogP contribution in [0.4, 0.5) is 0 Å². The van der Waals surface area contributed by atoms with Gasteiger partial charge in [-0.2, -0.15) is 0 Å². The van der Waals surface area contributed by atoms with Gasteiger partial charge in [0, 0.05) is 24.1 Å². The molecule has 3 rings (SSSR count). The highest BCUT2D eigenvalue weighted by atomic mass is 35.5. The lowest BCUT2D eigenvalue weighted by Gasteiger charge is -2.38. The highest BCUT2D eigenvalue weighted by Gasteiger charge is 2.34. The number of benzene rings is 2. The molecule has 0 aromatic heterocycles. The van der Waals surface area contributed by atoms with Crippen LogP contribution < -0.4 is 9.47 Å². The van der Waals surface area contributed by atoms with Crippen molar-refractivity contribution in [2.24, 2.45) is 0 Å². The van der Waals surface area contributed by atoms with Crippen molar-refractivity contribution in [3.8, 4) is 11.5 Å². The second-order valence-corrected chi connectivity index (χ2v) is 8.18. The van der Waals surface area contributed by atoms with Crippen LogP contribution in [0.3, 0.4) is 0 Å². The zero-order valence-electron chi connectivity index (χ0n) is 17.9. The molecule has 0 fully saturated rings. The van der Waals surface area contributed by atoms with Crippen LogP contribution in [0.25, 0.3) is 0 Å². The number of fused-ring (bicyclic) bond motifs is 1. The van der Waals surface area contributed by atoms with Gasteiger partial charge in [0.15, 0.2) is 0 Å². The fourth-order valence-electron chi connectivity index (χ4n) is 3.93. The monoisotopic (exact) mass is 419 g/mol. The summed E-state index contributed by atoms with van der Waals surface area (Å²) >= 11 is 0. The lowest BCUT2D eigenvalue weighted by molar-refractivity contribution is 0.0682. The topological polar surface area (TPSA) is 41.9 Å². The average Bonchev–Trinajstić information content (AvgIpc) is 2.69. The average molecular weight is 420 g/mol. The van der Waals surface area contributed by atoms with Crippen molar-refractivity contribution in [3.05, 3.63) is 59.7 Å². The summed E-state index contributed by atoms with van der Waals surface area (Å²) in [6.45, 7) is 11.2. The standard InChI is InChI=1S/C24H33NO3.ClH/c1-5-25(6-2)16-19(26)17-27-20-12-13-21-22(18-10-8-7-9-11-18)15-24(3,4)28-23(21)14-20;/h7-14,19,22,26H,5-6,15-17H2,1-4H3;1H. The van der Waals surface area contributed by atoms with E-state index >= 15 is 0 Å². The quantitative estimate of drug-likeness (QED) is 0.661. The predicted octanol–water partition coefficient (Wildman–Crippen LogP) is 4.88. The zero-order chi connectivity index (χ0) is 20.1. The number of aliphatic hydroxyl groups excluding tert-OH is 1. The number of hydrogen-bond acceptors (Lipinski definition) is 4. The maximum Gasteiger partial charge on any atom is 0.127 e. The molecule has 0 radical (unpaired) electrons. The maximum atomic E-state index is 10.3. The van der Waals surface area contributed by atoms with Crippen molar-refractivity contribution >= 4 is 12.4 Å². The van der Waals surface area contributed by atoms with Crippen LogP contribution in [0, 0.1) is 0 Å². The Hall–Kier alpha value is -1.75. The third kappa shape index (κ3) is 6.11. The Kier molecular flexibility index (Phi) is 8.38. The van der Waals surface area contributed by atoms with E-state index in [4.69, 9.17) is 9.47 Å². The van der Waals surface area contributed by atoms with E-state index in [9.17, 15) is 5.11 Å². The van der Waals surface area contributed by atoms with Crippen molar-refractivity contribution in [1.29, 1.82) is 0 Å². The predicted molar refractivity (Wildman–Crippen MR) is 121 cm³/mol. The van der Waals surface area contributed by atoms with Crippen LogP contribution in [0.1, 0.15) is 51.2 Å². The molecule has 1 heterocycles. The van der Waals surface area contributed by atoms with Gasteiger partial charge in [0.1, 0.15) is 29.8 Å². The van der Waals surface area contributed by atoms with Crippen LogP contribution >= 0.6 is 12.4 Å². The minimum Gasteiger partial charge on any atom is -0.491 e. The normalized spacial score (nSPS) is 18.3. The number of aliphatic hydroxyl groups is 1. The van der Waals surface area contributed by atoms with Crippen molar-refractivity contribution in [2.75, 3.05) is 26.2 Å². The Morgan fingerprint density at radius 1 is 1.14 bits per heavy atom. The van der Waals surface area contributed by atoms with Gasteiger partial charge in [-0.05, 0) is 45.0 Å². The van der Waals surface area contributed by atoms with Crippen molar-refractivity contribution in [1.82, 2.24) is 4.90 Å². The molecule has 0 saturated carbocycles. The van der Waals surface area contributed by atoms with Crippen LogP contribution in [0.2, 0.25) is 0 Å². The van der Waals surface area contributed by atoms with Crippen LogP contribution in [-0.4, -0.2) is 48.0 Å². The van der Waals surface area contributed by atoms with Gasteiger partial charge in [0.2, 0.25) is 0 Å². The van der Waals surface area contributed by atoms with E-state index in [-0.39, 0.29) is 24.6 Å². The van der Waals surface area contributed by atoms with E-state index < -0.39 is 6.10 Å². The van der Waals surface area contributed by atoms with Gasteiger partial charge in [0.05, 0.1) is 0 Å². The first-order valence-electron chi connectivity index (χ1n) is 10.3. The molecule has 29 heavy (non-hydrogen) atoms. The van der Waals surface area contributed by atoms with E-state index in [1.165, 1.54) is 11.1 Å². The van der Waals surface area contributed by atoms with Gasteiger partial charge in [-0.1, -0.05) is 50.2 Å². The summed E-state index contributed by atoms with van der Waals surface area (Å²) in [4.78, 5) is 2.19. The number of likely N-dealkylation sites (N-methyl/N-ethyl adjacent to an activating group) is 1. The van der Waals surface area contributed by atoms with Gasteiger partial charge >= 0.3 is 0 Å². The summed E-state index contributed by atoms with van der Waals surface area (Å²) in [7, 11) is 0. The summed E-state index contributed by atoms with van der Waals surface area (Å²) in [6.07, 6.45) is 0.428. The van der Waals surface area contributed by atoms with Crippen LogP contribution in [-0.2, 0) is 0 Å². The highest BCUT2D eigenvalue weighted by Crippen LogP contribution is 2.45. The molecule has 5 heteroatoms. The molecule has 0 aliphatic carbocycles. The molecule has 1 aliphatic rings. The minimum absolute atomic E-state index is 0. The van der Waals surface area contributed by atoms with E-state index in [2.05, 4.69) is 69.0 Å². The molecule has 0 bridgehead atoms. The minimum atomic E-state index is -0.509. The second kappa shape index (κ2) is 10.3. The molecular weight excluding hydrogens is 386 g/mol. The third-order valence-electron chi connectivity index (χ3n) is 5.45. The van der Waals surface area contributed by atoms with Crippen molar-refractivity contribution in [3.63, 3.8) is 0 Å². The summed E-state index contributed by atoms with van der Waals surface area (Å²) in [5.74, 6) is 1.92. The van der Waals surface area contributed by atoms with E-state index in [0.29, 0.717) is 12.5 Å². The Morgan fingerprint density at radius 2 is 1.83 bits per heavy atom. The van der Waals surface area contributed by atoms with E-state index in [0.717, 1.165) is 31.0 Å². The first-order valence-corrected chi connectivity index (χ1v) is 10.3. The van der Waals surface area contributed by atoms with Gasteiger partial charge in [-0.25, -0.2) is 0 Å². The summed E-state index contributed by atoms with van der Waals surface area (Å²) < 4.78 is 12.1. The second-order valence-electron chi connectivity index (χ2n) is 8.18. The molecule has 2 unspecified atom stereocenters. The number of ether oxygens (including phenoxy) is 2. The number of halogens is 1. The smallest absolute Gasteiger partial charge is 0.127 e. The van der Waals surface area contributed by atoms with E-state index in [1.54, 1.807) is 0 Å². The molecule has 4 nitrogen and oxygen atoms in total. The molecule has 2 atom stereocenters. The molecule has 1 aliphatic heterocycles. The fraction of sp³-hybridized carbons (Fsp3) is 0.500. The molecule has 0 amide bonds. The third-order valence-corrected chi connectivity index (χ3v) is 5.45. The Morgan fingerprint density at radius 3 is 2.48 bits per heavy atom. The highest BCUT2D eigenvalue weighted by molar-refractivity contribution is 5.85.